The molecule has 0 bridgehead atoms. The Hall–Kier alpha value is -0.650. The SMILES string of the molecule is CCC#CCCC(F)(F)F. The van der Waals surface area contributed by atoms with Crippen LogP contribution in [0, 0.1) is 11.8 Å². The smallest absolute Gasteiger partial charge is 0.171 e. The lowest BCUT2D eigenvalue weighted by atomic mass is 10.3. The van der Waals surface area contributed by atoms with Crippen molar-refractivity contribution in [3.8, 4) is 11.8 Å². The standard InChI is InChI=1S/C7H9F3/c1-2-3-4-5-6-7(8,9)10/h2,5-6H2,1H3. The Kier molecular flexibility index (Phi) is 3.94. The second kappa shape index (κ2) is 4.21. The summed E-state index contributed by atoms with van der Waals surface area (Å²) in [4.78, 5) is 0. The van der Waals surface area contributed by atoms with E-state index in [9.17, 15) is 13.2 Å². The Morgan fingerprint density at radius 2 is 1.80 bits per heavy atom. The van der Waals surface area contributed by atoms with Gasteiger partial charge in [-0.3, -0.25) is 0 Å². The molecule has 0 fully saturated rings. The summed E-state index contributed by atoms with van der Waals surface area (Å²) in [5, 5.41) is 0. The molecule has 0 N–H and O–H groups in total. The lowest BCUT2D eigenvalue weighted by Crippen LogP contribution is -2.05. The first-order valence-corrected chi connectivity index (χ1v) is 3.08. The van der Waals surface area contributed by atoms with Crippen LogP contribution in [-0.2, 0) is 0 Å². The van der Waals surface area contributed by atoms with Crippen LogP contribution in [0.3, 0.4) is 0 Å². The van der Waals surface area contributed by atoms with Crippen molar-refractivity contribution < 1.29 is 13.2 Å². The minimum absolute atomic E-state index is 0.0721. The van der Waals surface area contributed by atoms with Gasteiger partial charge < -0.3 is 0 Å². The minimum atomic E-state index is -4.05. The summed E-state index contributed by atoms with van der Waals surface area (Å²) in [6.45, 7) is 1.81. The highest BCUT2D eigenvalue weighted by molar-refractivity contribution is 4.97. The number of hydrogen-bond acceptors (Lipinski definition) is 0. The van der Waals surface area contributed by atoms with Gasteiger partial charge in [-0.15, -0.1) is 11.8 Å². The average molecular weight is 150 g/mol. The Morgan fingerprint density at radius 3 is 2.20 bits per heavy atom. The summed E-state index contributed by atoms with van der Waals surface area (Å²) in [6.07, 6.45) is -4.29. The minimum Gasteiger partial charge on any atom is -0.171 e. The van der Waals surface area contributed by atoms with E-state index in [0.29, 0.717) is 6.42 Å². The molecule has 10 heavy (non-hydrogen) atoms. The first-order chi connectivity index (χ1) is 4.56. The topological polar surface area (TPSA) is 0 Å². The maximum Gasteiger partial charge on any atom is 0.390 e. The molecule has 58 valence electrons. The van der Waals surface area contributed by atoms with Crippen LogP contribution in [0.5, 0.6) is 0 Å². The van der Waals surface area contributed by atoms with Crippen LogP contribution >= 0.6 is 0 Å². The van der Waals surface area contributed by atoms with Crippen molar-refractivity contribution in [1.29, 1.82) is 0 Å². The third-order valence-corrected chi connectivity index (χ3v) is 0.835. The van der Waals surface area contributed by atoms with E-state index < -0.39 is 12.6 Å². The van der Waals surface area contributed by atoms with Crippen molar-refractivity contribution >= 4 is 0 Å². The largest absolute Gasteiger partial charge is 0.390 e. The molecule has 0 saturated carbocycles. The van der Waals surface area contributed by atoms with E-state index in [0.717, 1.165) is 0 Å². The third kappa shape index (κ3) is 7.35. The zero-order valence-electron chi connectivity index (χ0n) is 5.76. The molecule has 0 heterocycles. The van der Waals surface area contributed by atoms with Gasteiger partial charge in [-0.05, 0) is 0 Å². The monoisotopic (exact) mass is 150 g/mol. The van der Waals surface area contributed by atoms with E-state index in [1.165, 1.54) is 0 Å². The van der Waals surface area contributed by atoms with Gasteiger partial charge in [-0.2, -0.15) is 13.2 Å². The number of hydrogen-bond donors (Lipinski definition) is 0. The van der Waals surface area contributed by atoms with Crippen LogP contribution in [0.25, 0.3) is 0 Å². The molecule has 0 spiro atoms. The molecule has 0 aliphatic carbocycles. The molecule has 0 amide bonds. The summed E-state index contributed by atoms with van der Waals surface area (Å²) < 4.78 is 34.2. The van der Waals surface area contributed by atoms with Gasteiger partial charge >= 0.3 is 6.18 Å². The lowest BCUT2D eigenvalue weighted by Gasteiger charge is -2.00. The molecule has 0 aliphatic rings. The average Bonchev–Trinajstić information content (AvgIpc) is 1.78. The van der Waals surface area contributed by atoms with Crippen molar-refractivity contribution in [2.75, 3.05) is 0 Å². The predicted octanol–water partition coefficient (Wildman–Crippen LogP) is 2.74. The van der Waals surface area contributed by atoms with Gasteiger partial charge in [-0.25, -0.2) is 0 Å². The first kappa shape index (κ1) is 9.35. The van der Waals surface area contributed by atoms with Crippen LogP contribution < -0.4 is 0 Å². The van der Waals surface area contributed by atoms with Crippen LogP contribution in [0.4, 0.5) is 13.2 Å². The second-order valence-electron chi connectivity index (χ2n) is 1.82. The highest BCUT2D eigenvalue weighted by atomic mass is 19.4. The molecule has 0 aliphatic heterocycles. The fraction of sp³-hybridized carbons (Fsp3) is 0.714. The summed E-state index contributed by atoms with van der Waals surface area (Å²) in [6, 6.07) is 0. The molecule has 0 aromatic carbocycles. The molecule has 3 heteroatoms. The van der Waals surface area contributed by atoms with Gasteiger partial charge in [0.05, 0.1) is 6.42 Å². The van der Waals surface area contributed by atoms with Gasteiger partial charge in [0, 0.05) is 12.8 Å². The van der Waals surface area contributed by atoms with Crippen molar-refractivity contribution in [3.05, 3.63) is 0 Å². The van der Waals surface area contributed by atoms with Gasteiger partial charge in [0.2, 0.25) is 0 Å². The van der Waals surface area contributed by atoms with Crippen LogP contribution in [0.2, 0.25) is 0 Å². The fourth-order valence-electron chi connectivity index (χ4n) is 0.418. The molecule has 0 saturated heterocycles. The molecule has 0 aromatic heterocycles. The van der Waals surface area contributed by atoms with E-state index in [2.05, 4.69) is 11.8 Å². The zero-order chi connectivity index (χ0) is 8.04. The Balaban J connectivity index is 3.37. The van der Waals surface area contributed by atoms with Gasteiger partial charge in [0.15, 0.2) is 0 Å². The molecular weight excluding hydrogens is 141 g/mol. The van der Waals surface area contributed by atoms with Crippen LogP contribution in [0.15, 0.2) is 0 Å². The van der Waals surface area contributed by atoms with E-state index in [1.54, 1.807) is 6.92 Å². The van der Waals surface area contributed by atoms with Crippen LogP contribution in [-0.4, -0.2) is 6.18 Å². The molecule has 0 radical (unpaired) electrons. The fourth-order valence-corrected chi connectivity index (χ4v) is 0.418. The van der Waals surface area contributed by atoms with Crippen molar-refractivity contribution in [1.82, 2.24) is 0 Å². The van der Waals surface area contributed by atoms with E-state index in [1.807, 2.05) is 0 Å². The summed E-state index contributed by atoms with van der Waals surface area (Å²) >= 11 is 0. The number of alkyl halides is 3. The highest BCUT2D eigenvalue weighted by Crippen LogP contribution is 2.20. The number of rotatable bonds is 1. The molecule has 0 atom stereocenters. The first-order valence-electron chi connectivity index (χ1n) is 3.08. The predicted molar refractivity (Wildman–Crippen MR) is 33.4 cm³/mol. The van der Waals surface area contributed by atoms with Crippen molar-refractivity contribution in [2.45, 2.75) is 32.4 Å². The van der Waals surface area contributed by atoms with Crippen molar-refractivity contribution in [3.63, 3.8) is 0 Å². The Bertz CT molecular complexity index is 135. The maximum absolute atomic E-state index is 11.4. The Morgan fingerprint density at radius 1 is 1.20 bits per heavy atom. The lowest BCUT2D eigenvalue weighted by molar-refractivity contribution is -0.133. The van der Waals surface area contributed by atoms with Gasteiger partial charge in [-0.1, -0.05) is 6.92 Å². The highest BCUT2D eigenvalue weighted by Gasteiger charge is 2.25. The van der Waals surface area contributed by atoms with Gasteiger partial charge in [0.1, 0.15) is 0 Å². The molecule has 0 nitrogen and oxygen atoms in total. The van der Waals surface area contributed by atoms with Crippen LogP contribution in [0.1, 0.15) is 26.2 Å². The second-order valence-corrected chi connectivity index (χ2v) is 1.82. The van der Waals surface area contributed by atoms with E-state index in [-0.39, 0.29) is 6.42 Å². The van der Waals surface area contributed by atoms with E-state index in [4.69, 9.17) is 0 Å². The maximum atomic E-state index is 11.4. The molecule has 0 unspecified atom stereocenters. The third-order valence-electron chi connectivity index (χ3n) is 0.835. The zero-order valence-corrected chi connectivity index (χ0v) is 5.76. The summed E-state index contributed by atoms with van der Waals surface area (Å²) in [5.41, 5.74) is 0. The Labute approximate surface area is 58.4 Å². The molecular formula is C7H9F3. The van der Waals surface area contributed by atoms with Gasteiger partial charge in [0.25, 0.3) is 0 Å². The quantitative estimate of drug-likeness (QED) is 0.504. The van der Waals surface area contributed by atoms with E-state index >= 15 is 0 Å². The molecule has 0 aromatic rings. The number of halogens is 3. The summed E-state index contributed by atoms with van der Waals surface area (Å²) in [7, 11) is 0. The normalized spacial score (nSPS) is 10.4. The molecule has 0 rings (SSSR count). The summed E-state index contributed by atoms with van der Waals surface area (Å²) in [5.74, 6) is 4.99. The van der Waals surface area contributed by atoms with Crippen molar-refractivity contribution in [2.24, 2.45) is 0 Å².